The lowest BCUT2D eigenvalue weighted by Gasteiger charge is -2.13. The fourth-order valence-electron chi connectivity index (χ4n) is 2.72. The van der Waals surface area contributed by atoms with E-state index in [1.54, 1.807) is 34.8 Å². The molecular weight excluding hydrogens is 392 g/mol. The molecule has 1 aromatic heterocycles. The van der Waals surface area contributed by atoms with Crippen LogP contribution < -0.4 is 14.9 Å². The number of hydrogen-bond acceptors (Lipinski definition) is 9. The third kappa shape index (κ3) is 3.87. The number of nitrogens with one attached hydrogen (secondary N) is 1. The molecular formula is C19H18N6O3S. The number of ether oxygens (including phenoxy) is 2. The van der Waals surface area contributed by atoms with Crippen molar-refractivity contribution < 1.29 is 14.6 Å². The van der Waals surface area contributed by atoms with Crippen LogP contribution >= 0.6 is 11.8 Å². The SMILES string of the molecule is COc1cc(/C=N/Nc2nnc3n2N=C(c2ccccc2)CS3)cc(OC)c1O. The lowest BCUT2D eigenvalue weighted by atomic mass is 10.1. The first-order chi connectivity index (χ1) is 14.2. The van der Waals surface area contributed by atoms with Crippen molar-refractivity contribution in [2.45, 2.75) is 5.16 Å². The molecule has 4 rings (SSSR count). The number of hydrazone groups is 1. The van der Waals surface area contributed by atoms with E-state index in [1.165, 1.54) is 14.2 Å². The van der Waals surface area contributed by atoms with Gasteiger partial charge in [-0.05, 0) is 17.7 Å². The molecule has 0 saturated carbocycles. The van der Waals surface area contributed by atoms with Gasteiger partial charge in [0.1, 0.15) is 0 Å². The van der Waals surface area contributed by atoms with Crippen molar-refractivity contribution in [1.82, 2.24) is 14.9 Å². The molecule has 0 atom stereocenters. The molecule has 10 heteroatoms. The van der Waals surface area contributed by atoms with E-state index >= 15 is 0 Å². The van der Waals surface area contributed by atoms with Crippen LogP contribution in [0.4, 0.5) is 5.95 Å². The van der Waals surface area contributed by atoms with E-state index in [4.69, 9.17) is 9.47 Å². The van der Waals surface area contributed by atoms with Crippen LogP contribution in [0.2, 0.25) is 0 Å². The number of rotatable bonds is 6. The van der Waals surface area contributed by atoms with E-state index in [1.807, 2.05) is 30.3 Å². The van der Waals surface area contributed by atoms with Crippen molar-refractivity contribution in [2.75, 3.05) is 25.4 Å². The second kappa shape index (κ2) is 8.23. The molecule has 0 aliphatic carbocycles. The molecule has 0 fully saturated rings. The molecule has 3 aromatic rings. The maximum atomic E-state index is 9.99. The van der Waals surface area contributed by atoms with Crippen molar-refractivity contribution in [1.29, 1.82) is 0 Å². The zero-order chi connectivity index (χ0) is 20.2. The average molecular weight is 410 g/mol. The summed E-state index contributed by atoms with van der Waals surface area (Å²) in [4.78, 5) is 0. The topological polar surface area (TPSA) is 106 Å². The van der Waals surface area contributed by atoms with Gasteiger partial charge in [-0.2, -0.15) is 14.9 Å². The monoisotopic (exact) mass is 410 g/mol. The maximum absolute atomic E-state index is 9.99. The molecule has 2 N–H and O–H groups in total. The van der Waals surface area contributed by atoms with Crippen molar-refractivity contribution in [3.63, 3.8) is 0 Å². The minimum atomic E-state index is -0.0635. The Morgan fingerprint density at radius 3 is 2.55 bits per heavy atom. The first-order valence-corrected chi connectivity index (χ1v) is 9.63. The van der Waals surface area contributed by atoms with Gasteiger partial charge in [-0.25, -0.2) is 5.43 Å². The lowest BCUT2D eigenvalue weighted by Crippen LogP contribution is -2.14. The summed E-state index contributed by atoms with van der Waals surface area (Å²) in [5.41, 5.74) is 5.51. The molecule has 148 valence electrons. The van der Waals surface area contributed by atoms with Crippen molar-refractivity contribution in [2.24, 2.45) is 10.2 Å². The predicted molar refractivity (Wildman–Crippen MR) is 112 cm³/mol. The van der Waals surface area contributed by atoms with E-state index < -0.39 is 0 Å². The second-order valence-corrected chi connectivity index (χ2v) is 6.91. The number of thioether (sulfide) groups is 1. The van der Waals surface area contributed by atoms with Crippen LogP contribution in [0.15, 0.2) is 57.8 Å². The van der Waals surface area contributed by atoms with Crippen LogP contribution in [-0.2, 0) is 0 Å². The number of nitrogens with zero attached hydrogens (tertiary/aromatic N) is 5. The highest BCUT2D eigenvalue weighted by Gasteiger charge is 2.19. The van der Waals surface area contributed by atoms with Gasteiger partial charge in [0.05, 0.1) is 26.1 Å². The molecule has 2 aromatic carbocycles. The van der Waals surface area contributed by atoms with Crippen LogP contribution in [0, 0.1) is 0 Å². The van der Waals surface area contributed by atoms with Crippen LogP contribution in [0.25, 0.3) is 0 Å². The number of benzene rings is 2. The number of fused-ring (bicyclic) bond motifs is 1. The maximum Gasteiger partial charge on any atom is 0.266 e. The van der Waals surface area contributed by atoms with Gasteiger partial charge < -0.3 is 14.6 Å². The molecule has 0 amide bonds. The molecule has 2 heterocycles. The van der Waals surface area contributed by atoms with Crippen molar-refractivity contribution in [3.05, 3.63) is 53.6 Å². The molecule has 9 nitrogen and oxygen atoms in total. The van der Waals surface area contributed by atoms with Gasteiger partial charge in [0.25, 0.3) is 5.95 Å². The molecule has 0 radical (unpaired) electrons. The van der Waals surface area contributed by atoms with Crippen molar-refractivity contribution >= 4 is 29.6 Å². The van der Waals surface area contributed by atoms with Crippen molar-refractivity contribution in [3.8, 4) is 17.2 Å². The molecule has 29 heavy (non-hydrogen) atoms. The van der Waals surface area contributed by atoms with Gasteiger partial charge in [-0.3, -0.25) is 0 Å². The summed E-state index contributed by atoms with van der Waals surface area (Å²) in [6, 6.07) is 13.3. The standard InChI is InChI=1S/C19H18N6O3S/c1-27-15-8-12(9-16(28-2)17(15)26)10-20-21-18-22-23-19-25(18)24-14(11-29-19)13-6-4-3-5-7-13/h3-10,26H,11H2,1-2H3,(H,21,22)/b20-10+. The van der Waals surface area contributed by atoms with E-state index in [2.05, 4.69) is 25.8 Å². The van der Waals surface area contributed by atoms with E-state index in [0.717, 1.165) is 17.0 Å². The lowest BCUT2D eigenvalue weighted by molar-refractivity contribution is 0.340. The summed E-state index contributed by atoms with van der Waals surface area (Å²) in [5, 5.41) is 27.8. The molecule has 1 aliphatic heterocycles. The number of aromatic hydroxyl groups is 1. The smallest absolute Gasteiger partial charge is 0.266 e. The summed E-state index contributed by atoms with van der Waals surface area (Å²) >= 11 is 1.56. The Hall–Kier alpha value is -3.53. The Morgan fingerprint density at radius 2 is 1.86 bits per heavy atom. The van der Waals surface area contributed by atoms with Crippen LogP contribution in [0.3, 0.4) is 0 Å². The quantitative estimate of drug-likeness (QED) is 0.475. The Bertz CT molecular complexity index is 1060. The molecule has 0 saturated heterocycles. The zero-order valence-corrected chi connectivity index (χ0v) is 16.6. The number of phenols is 1. The summed E-state index contributed by atoms with van der Waals surface area (Å²) < 4.78 is 11.9. The van der Waals surface area contributed by atoms with Gasteiger partial charge >= 0.3 is 0 Å². The molecule has 1 aliphatic rings. The van der Waals surface area contributed by atoms with Gasteiger partial charge in [0.2, 0.25) is 10.9 Å². The van der Waals surface area contributed by atoms with Gasteiger partial charge in [0.15, 0.2) is 11.5 Å². The number of methoxy groups -OCH3 is 2. The molecule has 0 spiro atoms. The zero-order valence-electron chi connectivity index (χ0n) is 15.7. The predicted octanol–water partition coefficient (Wildman–Crippen LogP) is 2.81. The van der Waals surface area contributed by atoms with Gasteiger partial charge in [-0.15, -0.1) is 10.2 Å². The highest BCUT2D eigenvalue weighted by Crippen LogP contribution is 2.36. The van der Waals surface area contributed by atoms with Gasteiger partial charge in [-0.1, -0.05) is 42.1 Å². The first-order valence-electron chi connectivity index (χ1n) is 8.65. The summed E-state index contributed by atoms with van der Waals surface area (Å²) in [7, 11) is 2.94. The minimum Gasteiger partial charge on any atom is -0.502 e. The Kier molecular flexibility index (Phi) is 5.34. The molecule has 0 unspecified atom stereocenters. The first kappa shape index (κ1) is 18.8. The van der Waals surface area contributed by atoms with E-state index in [-0.39, 0.29) is 5.75 Å². The third-order valence-corrected chi connectivity index (χ3v) is 5.09. The number of anilines is 1. The van der Waals surface area contributed by atoms with Gasteiger partial charge in [0, 0.05) is 11.3 Å². The largest absolute Gasteiger partial charge is 0.502 e. The molecule has 0 bridgehead atoms. The third-order valence-electron chi connectivity index (χ3n) is 4.16. The highest BCUT2D eigenvalue weighted by atomic mass is 32.2. The highest BCUT2D eigenvalue weighted by molar-refractivity contribution is 7.99. The second-order valence-electron chi connectivity index (χ2n) is 5.96. The average Bonchev–Trinajstić information content (AvgIpc) is 3.17. The van der Waals surface area contributed by atoms with Crippen LogP contribution in [0.1, 0.15) is 11.1 Å². The normalized spacial score (nSPS) is 13.1. The van der Waals surface area contributed by atoms with Crippen LogP contribution in [-0.4, -0.2) is 51.9 Å². The van der Waals surface area contributed by atoms with E-state index in [9.17, 15) is 5.11 Å². The van der Waals surface area contributed by atoms with E-state index in [0.29, 0.717) is 28.2 Å². The summed E-state index contributed by atoms with van der Waals surface area (Å²) in [6.07, 6.45) is 1.56. The van der Waals surface area contributed by atoms with Crippen LogP contribution in [0.5, 0.6) is 17.2 Å². The fourth-order valence-corrected chi connectivity index (χ4v) is 3.56. The summed E-state index contributed by atoms with van der Waals surface area (Å²) in [6.45, 7) is 0. The minimum absolute atomic E-state index is 0.0635. The number of aromatic nitrogens is 3. The Balaban J connectivity index is 1.56. The fraction of sp³-hybridized carbons (Fsp3) is 0.158. The Morgan fingerprint density at radius 1 is 1.14 bits per heavy atom. The Labute approximate surface area is 171 Å². The number of hydrogen-bond donors (Lipinski definition) is 2. The summed E-state index contributed by atoms with van der Waals surface area (Å²) in [5.74, 6) is 1.64. The number of phenolic OH excluding ortho intramolecular Hbond substituents is 1.